The number of halogens is 2. The van der Waals surface area contributed by atoms with Crippen molar-refractivity contribution in [1.29, 1.82) is 0 Å². The lowest BCUT2D eigenvalue weighted by atomic mass is 10.1. The van der Waals surface area contributed by atoms with E-state index in [2.05, 4.69) is 36.8 Å². The topological polar surface area (TPSA) is 34.9 Å². The third-order valence-electron chi connectivity index (χ3n) is 3.53. The normalized spacial score (nSPS) is 11.8. The van der Waals surface area contributed by atoms with Gasteiger partial charge in [-0.15, -0.1) is 0 Å². The zero-order chi connectivity index (χ0) is 17.6. The third kappa shape index (κ3) is 4.65. The molecule has 0 aliphatic rings. The second-order valence-corrected chi connectivity index (χ2v) is 7.10. The van der Waals surface area contributed by atoms with Crippen LogP contribution in [-0.4, -0.2) is 15.3 Å². The van der Waals surface area contributed by atoms with Crippen LogP contribution in [0.2, 0.25) is 0 Å². The van der Waals surface area contributed by atoms with Gasteiger partial charge in [-0.05, 0) is 48.0 Å². The molecule has 0 amide bonds. The molecule has 3 nitrogen and oxygen atoms in total. The first kappa shape index (κ1) is 17.6. The van der Waals surface area contributed by atoms with Gasteiger partial charge >= 0.3 is 0 Å². The smallest absolute Gasteiger partial charge is 0.209 e. The van der Waals surface area contributed by atoms with Crippen LogP contribution in [0.1, 0.15) is 15.9 Å². The summed E-state index contributed by atoms with van der Waals surface area (Å²) in [5.74, 6) is -0.0639. The number of Topliss-reactive ketones (excluding diaryl/α,β-unsaturated/α-hetero) is 1. The molecule has 3 aromatic rings. The van der Waals surface area contributed by atoms with E-state index in [9.17, 15) is 4.79 Å². The van der Waals surface area contributed by atoms with Gasteiger partial charge in [0.2, 0.25) is 5.78 Å². The van der Waals surface area contributed by atoms with E-state index >= 15 is 0 Å². The molecule has 0 atom stereocenters. The average Bonchev–Trinajstić information content (AvgIpc) is 3.15. The molecule has 0 radical (unpaired) electrons. The van der Waals surface area contributed by atoms with E-state index in [4.69, 9.17) is 0 Å². The monoisotopic (exact) mass is 456 g/mol. The number of nitrogens with zero attached hydrogens (tertiary/aromatic N) is 2. The molecule has 2 aromatic carbocycles. The van der Waals surface area contributed by atoms with Gasteiger partial charge in [0.15, 0.2) is 0 Å². The van der Waals surface area contributed by atoms with Gasteiger partial charge in [0.05, 0.1) is 12.0 Å². The van der Waals surface area contributed by atoms with Gasteiger partial charge in [0.25, 0.3) is 0 Å². The molecule has 124 valence electrons. The Hall–Kier alpha value is -2.24. The maximum atomic E-state index is 12.9. The number of aromatic nitrogens is 2. The molecule has 0 aliphatic carbocycles. The fraction of sp³-hybridized carbons (Fsp3) is 0. The first-order valence-electron chi connectivity index (χ1n) is 7.56. The highest BCUT2D eigenvalue weighted by molar-refractivity contribution is 9.10. The highest BCUT2D eigenvalue weighted by Crippen LogP contribution is 2.17. The minimum absolute atomic E-state index is 0.0639. The van der Waals surface area contributed by atoms with Crippen LogP contribution >= 0.6 is 31.9 Å². The van der Waals surface area contributed by atoms with Gasteiger partial charge in [-0.1, -0.05) is 56.1 Å². The number of ketones is 1. The van der Waals surface area contributed by atoms with Crippen molar-refractivity contribution in [2.75, 3.05) is 0 Å². The maximum Gasteiger partial charge on any atom is 0.209 e. The zero-order valence-electron chi connectivity index (χ0n) is 13.1. The van der Waals surface area contributed by atoms with Crippen LogP contribution in [0.25, 0.3) is 11.8 Å². The first-order chi connectivity index (χ1) is 12.1. The number of hydrogen-bond acceptors (Lipinski definition) is 2. The van der Waals surface area contributed by atoms with Crippen molar-refractivity contribution >= 4 is 49.4 Å². The molecule has 0 N–H and O–H groups in total. The van der Waals surface area contributed by atoms with Gasteiger partial charge in [-0.25, -0.2) is 4.98 Å². The van der Waals surface area contributed by atoms with Crippen molar-refractivity contribution < 1.29 is 4.79 Å². The standard InChI is InChI=1S/C20H14Br2N2O/c21-17-8-4-15(5-9-17)2-1-3-19(24-13-12-23-14-24)20(25)16-6-10-18(22)11-7-16/h1-14H/b2-1+,19-3-. The fourth-order valence-electron chi connectivity index (χ4n) is 2.25. The summed E-state index contributed by atoms with van der Waals surface area (Å²) in [4.78, 5) is 16.9. The van der Waals surface area contributed by atoms with Crippen molar-refractivity contribution in [2.24, 2.45) is 0 Å². The van der Waals surface area contributed by atoms with Crippen LogP contribution in [0.4, 0.5) is 0 Å². The molecule has 25 heavy (non-hydrogen) atoms. The largest absolute Gasteiger partial charge is 0.303 e. The molecule has 5 heteroatoms. The quantitative estimate of drug-likeness (QED) is 0.274. The van der Waals surface area contributed by atoms with Crippen LogP contribution in [0.5, 0.6) is 0 Å². The molecular weight excluding hydrogens is 444 g/mol. The molecule has 3 rings (SSSR count). The molecule has 0 fully saturated rings. The molecular formula is C20H14Br2N2O. The number of allylic oxidation sites excluding steroid dienone is 3. The Morgan fingerprint density at radius 3 is 2.20 bits per heavy atom. The molecule has 1 heterocycles. The van der Waals surface area contributed by atoms with Crippen LogP contribution in [0.3, 0.4) is 0 Å². The zero-order valence-corrected chi connectivity index (χ0v) is 16.3. The lowest BCUT2D eigenvalue weighted by Crippen LogP contribution is -2.07. The Balaban J connectivity index is 1.91. The molecule has 0 aliphatic heterocycles. The van der Waals surface area contributed by atoms with Gasteiger partial charge < -0.3 is 4.57 Å². The van der Waals surface area contributed by atoms with Crippen molar-refractivity contribution in [1.82, 2.24) is 9.55 Å². The molecule has 0 saturated heterocycles. The summed E-state index contributed by atoms with van der Waals surface area (Å²) in [6.45, 7) is 0. The number of carbonyl (C=O) groups is 1. The summed E-state index contributed by atoms with van der Waals surface area (Å²) in [5, 5.41) is 0. The van der Waals surface area contributed by atoms with Crippen molar-refractivity contribution in [2.45, 2.75) is 0 Å². The van der Waals surface area contributed by atoms with E-state index in [1.165, 1.54) is 0 Å². The van der Waals surface area contributed by atoms with Crippen LogP contribution in [0.15, 0.2) is 88.3 Å². The summed E-state index contributed by atoms with van der Waals surface area (Å²) >= 11 is 6.81. The Morgan fingerprint density at radius 2 is 1.60 bits per heavy atom. The van der Waals surface area contributed by atoms with Gasteiger partial charge in [-0.2, -0.15) is 0 Å². The summed E-state index contributed by atoms with van der Waals surface area (Å²) < 4.78 is 3.69. The third-order valence-corrected chi connectivity index (χ3v) is 4.59. The van der Waals surface area contributed by atoms with E-state index in [1.54, 1.807) is 41.5 Å². The number of benzene rings is 2. The highest BCUT2D eigenvalue weighted by atomic mass is 79.9. The minimum Gasteiger partial charge on any atom is -0.303 e. The first-order valence-corrected chi connectivity index (χ1v) is 9.14. The number of carbonyl (C=O) groups excluding carboxylic acids is 1. The highest BCUT2D eigenvalue weighted by Gasteiger charge is 2.13. The van der Waals surface area contributed by atoms with Gasteiger partial charge in [-0.3, -0.25) is 4.79 Å². The number of rotatable bonds is 5. The molecule has 1 aromatic heterocycles. The Morgan fingerprint density at radius 1 is 0.960 bits per heavy atom. The van der Waals surface area contributed by atoms with Crippen LogP contribution in [-0.2, 0) is 0 Å². The Bertz CT molecular complexity index is 909. The van der Waals surface area contributed by atoms with Crippen LogP contribution in [0, 0.1) is 0 Å². The summed E-state index contributed by atoms with van der Waals surface area (Å²) in [5.41, 5.74) is 2.22. The lowest BCUT2D eigenvalue weighted by molar-refractivity contribution is 0.105. The second kappa shape index (κ2) is 8.23. The van der Waals surface area contributed by atoms with E-state index in [-0.39, 0.29) is 5.78 Å². The second-order valence-electron chi connectivity index (χ2n) is 5.27. The summed E-state index contributed by atoms with van der Waals surface area (Å²) in [7, 11) is 0. The van der Waals surface area contributed by atoms with Gasteiger partial charge in [0.1, 0.15) is 0 Å². The molecule has 0 unspecified atom stereocenters. The average molecular weight is 458 g/mol. The van der Waals surface area contributed by atoms with Crippen LogP contribution < -0.4 is 0 Å². The molecule has 0 saturated carbocycles. The fourth-order valence-corrected chi connectivity index (χ4v) is 2.78. The molecule has 0 bridgehead atoms. The molecule has 0 spiro atoms. The van der Waals surface area contributed by atoms with E-state index in [0.29, 0.717) is 11.3 Å². The number of hydrogen-bond donors (Lipinski definition) is 0. The Kier molecular flexibility index (Phi) is 5.79. The number of imidazole rings is 1. The van der Waals surface area contributed by atoms with E-state index in [0.717, 1.165) is 14.5 Å². The maximum absolute atomic E-state index is 12.9. The van der Waals surface area contributed by atoms with Crippen molar-refractivity contribution in [3.63, 3.8) is 0 Å². The van der Waals surface area contributed by atoms with Gasteiger partial charge in [0, 0.05) is 26.9 Å². The van der Waals surface area contributed by atoms with Crippen molar-refractivity contribution in [3.05, 3.63) is 99.5 Å². The SMILES string of the molecule is O=C(/C(=C/C=C/c1ccc(Br)cc1)n1ccnc1)c1ccc(Br)cc1. The van der Waals surface area contributed by atoms with E-state index in [1.807, 2.05) is 48.6 Å². The lowest BCUT2D eigenvalue weighted by Gasteiger charge is -2.07. The van der Waals surface area contributed by atoms with E-state index < -0.39 is 0 Å². The predicted octanol–water partition coefficient (Wildman–Crippen LogP) is 5.85. The summed E-state index contributed by atoms with van der Waals surface area (Å²) in [6, 6.07) is 15.3. The van der Waals surface area contributed by atoms with Crippen molar-refractivity contribution in [3.8, 4) is 0 Å². The minimum atomic E-state index is -0.0639. The summed E-state index contributed by atoms with van der Waals surface area (Å²) in [6.07, 6.45) is 10.7. The Labute approximate surface area is 163 Å². The predicted molar refractivity (Wildman–Crippen MR) is 108 cm³/mol.